The van der Waals surface area contributed by atoms with E-state index in [0.717, 1.165) is 43.6 Å². The predicted octanol–water partition coefficient (Wildman–Crippen LogP) is 4.95. The van der Waals surface area contributed by atoms with Gasteiger partial charge in [-0.05, 0) is 24.3 Å². The SMILES string of the molecule is Cn1c(SCc2csc(-c3ccc(Cl)cc3)n2)nnc1-c1cccnc1. The molecule has 0 aliphatic carbocycles. The Morgan fingerprint density at radius 3 is 2.73 bits per heavy atom. The van der Waals surface area contributed by atoms with Gasteiger partial charge in [-0.25, -0.2) is 4.98 Å². The zero-order valence-electron chi connectivity index (χ0n) is 13.8. The van der Waals surface area contributed by atoms with Crippen molar-refractivity contribution in [2.75, 3.05) is 0 Å². The first-order valence-corrected chi connectivity index (χ1v) is 10.1. The molecule has 5 nitrogen and oxygen atoms in total. The van der Waals surface area contributed by atoms with Gasteiger partial charge in [0.15, 0.2) is 11.0 Å². The number of halogens is 1. The van der Waals surface area contributed by atoms with Crippen LogP contribution in [-0.4, -0.2) is 24.7 Å². The number of thioether (sulfide) groups is 1. The summed E-state index contributed by atoms with van der Waals surface area (Å²) >= 11 is 9.19. The van der Waals surface area contributed by atoms with Gasteiger partial charge in [0.25, 0.3) is 0 Å². The van der Waals surface area contributed by atoms with Gasteiger partial charge >= 0.3 is 0 Å². The molecule has 0 saturated carbocycles. The lowest BCUT2D eigenvalue weighted by Gasteiger charge is -2.02. The number of hydrogen-bond donors (Lipinski definition) is 0. The Labute approximate surface area is 164 Å². The second kappa shape index (κ2) is 7.57. The van der Waals surface area contributed by atoms with Crippen molar-refractivity contribution in [3.63, 3.8) is 0 Å². The fraction of sp³-hybridized carbons (Fsp3) is 0.111. The Hall–Kier alpha value is -2.22. The van der Waals surface area contributed by atoms with Gasteiger partial charge in [0.1, 0.15) is 5.01 Å². The third-order valence-corrected chi connectivity index (χ3v) is 5.99. The van der Waals surface area contributed by atoms with Crippen LogP contribution in [0.5, 0.6) is 0 Å². The first-order chi connectivity index (χ1) is 12.7. The highest BCUT2D eigenvalue weighted by Crippen LogP contribution is 2.29. The molecule has 0 aliphatic heterocycles. The third-order valence-electron chi connectivity index (χ3n) is 3.75. The van der Waals surface area contributed by atoms with Crippen LogP contribution in [0.15, 0.2) is 59.3 Å². The molecule has 0 saturated heterocycles. The molecule has 0 bridgehead atoms. The summed E-state index contributed by atoms with van der Waals surface area (Å²) in [6, 6.07) is 11.6. The molecular weight excluding hydrogens is 386 g/mol. The largest absolute Gasteiger partial charge is 0.305 e. The van der Waals surface area contributed by atoms with Crippen molar-refractivity contribution < 1.29 is 0 Å². The lowest BCUT2D eigenvalue weighted by molar-refractivity contribution is 0.793. The van der Waals surface area contributed by atoms with Gasteiger partial charge in [0, 0.05) is 46.7 Å². The molecule has 0 atom stereocenters. The molecule has 0 unspecified atom stereocenters. The molecule has 130 valence electrons. The quantitative estimate of drug-likeness (QED) is 0.444. The van der Waals surface area contributed by atoms with E-state index in [1.807, 2.05) is 48.0 Å². The maximum atomic E-state index is 5.94. The summed E-state index contributed by atoms with van der Waals surface area (Å²) in [6.45, 7) is 0. The highest BCUT2D eigenvalue weighted by molar-refractivity contribution is 7.98. The summed E-state index contributed by atoms with van der Waals surface area (Å²) in [6.07, 6.45) is 3.54. The van der Waals surface area contributed by atoms with E-state index in [2.05, 4.69) is 20.6 Å². The average Bonchev–Trinajstić information content (AvgIpc) is 3.28. The van der Waals surface area contributed by atoms with Crippen molar-refractivity contribution in [3.8, 4) is 22.0 Å². The lowest BCUT2D eigenvalue weighted by Crippen LogP contribution is -1.95. The monoisotopic (exact) mass is 399 g/mol. The number of hydrogen-bond acceptors (Lipinski definition) is 6. The molecule has 0 amide bonds. The summed E-state index contributed by atoms with van der Waals surface area (Å²) in [5, 5.41) is 13.2. The molecule has 0 aliphatic rings. The second-order valence-electron chi connectivity index (χ2n) is 5.55. The maximum Gasteiger partial charge on any atom is 0.191 e. The maximum absolute atomic E-state index is 5.94. The fourth-order valence-electron chi connectivity index (χ4n) is 2.42. The normalized spacial score (nSPS) is 11.0. The molecule has 4 rings (SSSR count). The molecule has 8 heteroatoms. The van der Waals surface area contributed by atoms with Crippen LogP contribution in [0, 0.1) is 0 Å². The summed E-state index contributed by atoms with van der Waals surface area (Å²) in [5.41, 5.74) is 3.05. The third kappa shape index (κ3) is 3.65. The summed E-state index contributed by atoms with van der Waals surface area (Å²) < 4.78 is 1.98. The van der Waals surface area contributed by atoms with Crippen LogP contribution in [0.25, 0.3) is 22.0 Å². The highest BCUT2D eigenvalue weighted by atomic mass is 35.5. The van der Waals surface area contributed by atoms with Crippen LogP contribution in [0.3, 0.4) is 0 Å². The van der Waals surface area contributed by atoms with Crippen LogP contribution in [0.1, 0.15) is 5.69 Å². The minimum absolute atomic E-state index is 0.729. The van der Waals surface area contributed by atoms with Gasteiger partial charge in [0.2, 0.25) is 0 Å². The molecule has 0 fully saturated rings. The summed E-state index contributed by atoms with van der Waals surface area (Å²) in [7, 11) is 1.96. The minimum Gasteiger partial charge on any atom is -0.305 e. The molecular formula is C18H14ClN5S2. The number of rotatable bonds is 5. The van der Waals surface area contributed by atoms with Crippen molar-refractivity contribution >= 4 is 34.7 Å². The van der Waals surface area contributed by atoms with Gasteiger partial charge in [-0.15, -0.1) is 21.5 Å². The first-order valence-electron chi connectivity index (χ1n) is 7.83. The van der Waals surface area contributed by atoms with Crippen molar-refractivity contribution in [1.29, 1.82) is 0 Å². The van der Waals surface area contributed by atoms with E-state index < -0.39 is 0 Å². The molecule has 26 heavy (non-hydrogen) atoms. The standard InChI is InChI=1S/C18H14ClN5S2/c1-24-16(13-3-2-8-20-9-13)22-23-18(24)26-11-15-10-25-17(21-15)12-4-6-14(19)7-5-12/h2-10H,11H2,1H3. The van der Waals surface area contributed by atoms with E-state index in [1.54, 1.807) is 35.5 Å². The van der Waals surface area contributed by atoms with E-state index in [1.165, 1.54) is 0 Å². The number of benzene rings is 1. The van der Waals surface area contributed by atoms with Gasteiger partial charge in [-0.1, -0.05) is 35.5 Å². The van der Waals surface area contributed by atoms with Crippen LogP contribution in [0.2, 0.25) is 5.02 Å². The number of aromatic nitrogens is 5. The van der Waals surface area contributed by atoms with E-state index in [4.69, 9.17) is 16.6 Å². The van der Waals surface area contributed by atoms with Crippen molar-refractivity contribution in [1.82, 2.24) is 24.7 Å². The lowest BCUT2D eigenvalue weighted by atomic mass is 10.2. The van der Waals surface area contributed by atoms with Crippen molar-refractivity contribution in [3.05, 3.63) is 64.9 Å². The zero-order chi connectivity index (χ0) is 17.9. The second-order valence-corrected chi connectivity index (χ2v) is 7.78. The van der Waals surface area contributed by atoms with Crippen molar-refractivity contribution in [2.45, 2.75) is 10.9 Å². The number of pyridine rings is 1. The average molecular weight is 400 g/mol. The highest BCUT2D eigenvalue weighted by Gasteiger charge is 2.12. The molecule has 1 aromatic carbocycles. The van der Waals surface area contributed by atoms with Crippen LogP contribution >= 0.6 is 34.7 Å². The van der Waals surface area contributed by atoms with Crippen LogP contribution in [-0.2, 0) is 12.8 Å². The molecule has 3 heterocycles. The van der Waals surface area contributed by atoms with Gasteiger partial charge in [0.05, 0.1) is 5.69 Å². The molecule has 3 aromatic heterocycles. The van der Waals surface area contributed by atoms with Gasteiger partial charge in [-0.2, -0.15) is 0 Å². The summed E-state index contributed by atoms with van der Waals surface area (Å²) in [5.74, 6) is 1.55. The Morgan fingerprint density at radius 2 is 1.96 bits per heavy atom. The molecule has 0 radical (unpaired) electrons. The van der Waals surface area contributed by atoms with Gasteiger partial charge < -0.3 is 4.57 Å². The van der Waals surface area contributed by atoms with E-state index in [9.17, 15) is 0 Å². The Bertz CT molecular complexity index is 1010. The Balaban J connectivity index is 1.47. The Kier molecular flexibility index (Phi) is 5.01. The van der Waals surface area contributed by atoms with Gasteiger partial charge in [-0.3, -0.25) is 4.98 Å². The van der Waals surface area contributed by atoms with E-state index in [-0.39, 0.29) is 0 Å². The van der Waals surface area contributed by atoms with E-state index in [0.29, 0.717) is 0 Å². The van der Waals surface area contributed by atoms with E-state index >= 15 is 0 Å². The smallest absolute Gasteiger partial charge is 0.191 e. The zero-order valence-corrected chi connectivity index (χ0v) is 16.2. The fourth-order valence-corrected chi connectivity index (χ4v) is 4.28. The van der Waals surface area contributed by atoms with Crippen molar-refractivity contribution in [2.24, 2.45) is 7.05 Å². The topological polar surface area (TPSA) is 56.5 Å². The Morgan fingerprint density at radius 1 is 1.12 bits per heavy atom. The minimum atomic E-state index is 0.729. The van der Waals surface area contributed by atoms with Crippen LogP contribution in [0.4, 0.5) is 0 Å². The number of nitrogens with zero attached hydrogens (tertiary/aromatic N) is 5. The number of thiazole rings is 1. The molecule has 0 spiro atoms. The first kappa shape index (κ1) is 17.2. The molecule has 0 N–H and O–H groups in total. The summed E-state index contributed by atoms with van der Waals surface area (Å²) in [4.78, 5) is 8.84. The van der Waals surface area contributed by atoms with Crippen LogP contribution < -0.4 is 0 Å². The predicted molar refractivity (Wildman–Crippen MR) is 106 cm³/mol. The molecule has 4 aromatic rings.